The smallest absolute Gasteiger partial charge is 0.231 e. The summed E-state index contributed by atoms with van der Waals surface area (Å²) < 4.78 is 22.5. The maximum atomic E-state index is 10.7. The van der Waals surface area contributed by atoms with E-state index in [1.807, 2.05) is 0 Å². The SMILES string of the molecule is C[C@@]1(O)[C@@H](Oc2ccc3ccc(O[C@H]4O[C@H](CO)[C@@H](O)[C@H](O)[C@]4(C)O)cc3c2)O[C@H](CO)[C@@H](O)[C@@H]1O. The van der Waals surface area contributed by atoms with Gasteiger partial charge in [0.15, 0.2) is 11.2 Å². The van der Waals surface area contributed by atoms with Crippen molar-refractivity contribution in [1.29, 1.82) is 0 Å². The van der Waals surface area contributed by atoms with Crippen molar-refractivity contribution < 1.29 is 59.8 Å². The minimum atomic E-state index is -1.98. The first-order valence-corrected chi connectivity index (χ1v) is 11.5. The van der Waals surface area contributed by atoms with Gasteiger partial charge in [-0.2, -0.15) is 0 Å². The first-order valence-electron chi connectivity index (χ1n) is 11.5. The molecule has 2 aliphatic heterocycles. The third kappa shape index (κ3) is 4.77. The van der Waals surface area contributed by atoms with Gasteiger partial charge in [0.2, 0.25) is 12.6 Å². The van der Waals surface area contributed by atoms with Gasteiger partial charge in [-0.25, -0.2) is 0 Å². The van der Waals surface area contributed by atoms with Gasteiger partial charge in [-0.15, -0.1) is 0 Å². The molecule has 12 nitrogen and oxygen atoms in total. The zero-order chi connectivity index (χ0) is 26.4. The van der Waals surface area contributed by atoms with E-state index in [1.54, 1.807) is 36.4 Å². The molecule has 10 atom stereocenters. The molecule has 200 valence electrons. The summed E-state index contributed by atoms with van der Waals surface area (Å²) in [7, 11) is 0. The van der Waals surface area contributed by atoms with Gasteiger partial charge in [-0.3, -0.25) is 0 Å². The number of hydrogen-bond acceptors (Lipinski definition) is 12. The molecule has 2 aromatic carbocycles. The lowest BCUT2D eigenvalue weighted by Crippen LogP contribution is -2.66. The van der Waals surface area contributed by atoms with Gasteiger partial charge in [-0.1, -0.05) is 12.1 Å². The number of hydrogen-bond donors (Lipinski definition) is 8. The van der Waals surface area contributed by atoms with Crippen molar-refractivity contribution >= 4 is 10.8 Å². The molecule has 2 aliphatic rings. The summed E-state index contributed by atoms with van der Waals surface area (Å²) >= 11 is 0. The third-order valence-electron chi connectivity index (χ3n) is 6.79. The van der Waals surface area contributed by atoms with Crippen LogP contribution in [0.4, 0.5) is 0 Å². The van der Waals surface area contributed by atoms with Crippen LogP contribution in [-0.4, -0.2) is 114 Å². The lowest BCUT2D eigenvalue weighted by molar-refractivity contribution is -0.314. The lowest BCUT2D eigenvalue weighted by atomic mass is 9.88. The Bertz CT molecular complexity index is 980. The number of benzene rings is 2. The first-order chi connectivity index (χ1) is 16.9. The van der Waals surface area contributed by atoms with Crippen LogP contribution in [0, 0.1) is 0 Å². The molecule has 0 amide bonds. The molecule has 0 aliphatic carbocycles. The minimum Gasteiger partial charge on any atom is -0.462 e. The summed E-state index contributed by atoms with van der Waals surface area (Å²) in [5.74, 6) is 0.481. The second-order valence-corrected chi connectivity index (χ2v) is 9.61. The Morgan fingerprint density at radius 2 is 1.08 bits per heavy atom. The summed E-state index contributed by atoms with van der Waals surface area (Å²) in [6.45, 7) is 1.30. The van der Waals surface area contributed by atoms with Crippen molar-refractivity contribution in [2.45, 2.75) is 74.3 Å². The van der Waals surface area contributed by atoms with Crippen LogP contribution in [-0.2, 0) is 9.47 Å². The molecule has 0 spiro atoms. The number of aliphatic hydroxyl groups is 8. The van der Waals surface area contributed by atoms with Crippen molar-refractivity contribution in [3.05, 3.63) is 36.4 Å². The van der Waals surface area contributed by atoms with Gasteiger partial charge in [0.05, 0.1) is 13.2 Å². The average Bonchev–Trinajstić information content (AvgIpc) is 2.85. The second-order valence-electron chi connectivity index (χ2n) is 9.61. The number of ether oxygens (including phenoxy) is 4. The first kappa shape index (κ1) is 26.9. The Morgan fingerprint density at radius 1 is 0.694 bits per heavy atom. The van der Waals surface area contributed by atoms with Crippen LogP contribution >= 0.6 is 0 Å². The topological polar surface area (TPSA) is 199 Å². The van der Waals surface area contributed by atoms with Gasteiger partial charge in [0.25, 0.3) is 0 Å². The number of fused-ring (bicyclic) bond motifs is 1. The molecule has 4 rings (SSSR count). The Hall–Kier alpha value is -2.10. The van der Waals surface area contributed by atoms with Crippen LogP contribution in [0.1, 0.15) is 13.8 Å². The Morgan fingerprint density at radius 3 is 1.44 bits per heavy atom. The molecular formula is C24H32O12. The van der Waals surface area contributed by atoms with E-state index in [0.29, 0.717) is 5.39 Å². The molecular weight excluding hydrogens is 480 g/mol. The monoisotopic (exact) mass is 512 g/mol. The molecule has 0 saturated carbocycles. The predicted octanol–water partition coefficient (Wildman–Crippen LogP) is -2.02. The third-order valence-corrected chi connectivity index (χ3v) is 6.79. The fourth-order valence-electron chi connectivity index (χ4n) is 4.32. The average molecular weight is 513 g/mol. The maximum absolute atomic E-state index is 10.7. The molecule has 2 heterocycles. The zero-order valence-electron chi connectivity index (χ0n) is 19.7. The summed E-state index contributed by atoms with van der Waals surface area (Å²) in [5, 5.41) is 82.1. The largest absolute Gasteiger partial charge is 0.462 e. The van der Waals surface area contributed by atoms with Crippen LogP contribution in [0.2, 0.25) is 0 Å². The van der Waals surface area contributed by atoms with Gasteiger partial charge in [-0.05, 0) is 48.9 Å². The summed E-state index contributed by atoms with van der Waals surface area (Å²) in [6, 6.07) is 9.84. The van der Waals surface area contributed by atoms with E-state index in [9.17, 15) is 40.9 Å². The van der Waals surface area contributed by atoms with E-state index < -0.39 is 73.6 Å². The molecule has 2 aromatic rings. The molecule has 12 heteroatoms. The van der Waals surface area contributed by atoms with E-state index >= 15 is 0 Å². The molecule has 2 fully saturated rings. The van der Waals surface area contributed by atoms with Crippen LogP contribution in [0.15, 0.2) is 36.4 Å². The van der Waals surface area contributed by atoms with Crippen molar-refractivity contribution in [3.63, 3.8) is 0 Å². The summed E-state index contributed by atoms with van der Waals surface area (Å²) in [5.41, 5.74) is -3.97. The van der Waals surface area contributed by atoms with E-state index in [-0.39, 0.29) is 11.5 Å². The Kier molecular flexibility index (Phi) is 7.48. The summed E-state index contributed by atoms with van der Waals surface area (Å²) in [6.07, 6.45) is -11.4. The highest BCUT2D eigenvalue weighted by Gasteiger charge is 2.54. The van der Waals surface area contributed by atoms with Gasteiger partial charge in [0.1, 0.15) is 48.1 Å². The maximum Gasteiger partial charge on any atom is 0.231 e. The van der Waals surface area contributed by atoms with Crippen LogP contribution in [0.25, 0.3) is 10.8 Å². The van der Waals surface area contributed by atoms with E-state index in [0.717, 1.165) is 5.39 Å². The highest BCUT2D eigenvalue weighted by molar-refractivity contribution is 5.85. The molecule has 0 bridgehead atoms. The molecule has 2 saturated heterocycles. The quantitative estimate of drug-likeness (QED) is 0.212. The lowest BCUT2D eigenvalue weighted by Gasteiger charge is -2.45. The van der Waals surface area contributed by atoms with Gasteiger partial charge >= 0.3 is 0 Å². The molecule has 8 N–H and O–H groups in total. The van der Waals surface area contributed by atoms with Crippen molar-refractivity contribution in [2.75, 3.05) is 13.2 Å². The van der Waals surface area contributed by atoms with Crippen molar-refractivity contribution in [3.8, 4) is 11.5 Å². The predicted molar refractivity (Wildman–Crippen MR) is 122 cm³/mol. The van der Waals surface area contributed by atoms with E-state index in [4.69, 9.17) is 18.9 Å². The van der Waals surface area contributed by atoms with Crippen LogP contribution < -0.4 is 9.47 Å². The van der Waals surface area contributed by atoms with Gasteiger partial charge in [0, 0.05) is 0 Å². The Labute approximate surface area is 206 Å². The van der Waals surface area contributed by atoms with E-state index in [2.05, 4.69) is 0 Å². The second kappa shape index (κ2) is 9.99. The van der Waals surface area contributed by atoms with Crippen LogP contribution in [0.3, 0.4) is 0 Å². The van der Waals surface area contributed by atoms with E-state index in [1.165, 1.54) is 13.8 Å². The number of aliphatic hydroxyl groups excluding tert-OH is 6. The van der Waals surface area contributed by atoms with Gasteiger partial charge < -0.3 is 59.8 Å². The highest BCUT2D eigenvalue weighted by Crippen LogP contribution is 2.35. The fourth-order valence-corrected chi connectivity index (χ4v) is 4.32. The normalized spacial score (nSPS) is 41.3. The Balaban J connectivity index is 1.56. The minimum absolute atomic E-state index is 0.241. The summed E-state index contributed by atoms with van der Waals surface area (Å²) in [4.78, 5) is 0. The number of rotatable bonds is 6. The zero-order valence-corrected chi connectivity index (χ0v) is 19.7. The molecule has 0 radical (unpaired) electrons. The molecule has 0 unspecified atom stereocenters. The fraction of sp³-hybridized carbons (Fsp3) is 0.583. The highest BCUT2D eigenvalue weighted by atomic mass is 16.7. The van der Waals surface area contributed by atoms with Crippen molar-refractivity contribution in [1.82, 2.24) is 0 Å². The molecule has 36 heavy (non-hydrogen) atoms. The van der Waals surface area contributed by atoms with Crippen LogP contribution in [0.5, 0.6) is 11.5 Å². The van der Waals surface area contributed by atoms with Crippen molar-refractivity contribution in [2.24, 2.45) is 0 Å². The standard InChI is InChI=1S/C24H32O12/c1-23(31)19(29)17(27)15(9-25)35-21(23)33-13-5-3-11-4-6-14(8-12(11)7-13)34-22-24(2,32)20(30)18(28)16(10-26)36-22/h3-8,15-22,25-32H,9-10H2,1-2H3/t15-,16-,17-,18-,19+,20+,21+,22+,23+,24+/m1/s1. The molecule has 0 aromatic heterocycles.